The van der Waals surface area contributed by atoms with Gasteiger partial charge in [0.2, 0.25) is 0 Å². The quantitative estimate of drug-likeness (QED) is 0.846. The lowest BCUT2D eigenvalue weighted by Gasteiger charge is -2.06. The minimum atomic E-state index is 0.503. The number of aromatic nitrogens is 1. The molecule has 0 aliphatic rings. The van der Waals surface area contributed by atoms with Gasteiger partial charge in [0.1, 0.15) is 12.4 Å². The van der Waals surface area contributed by atoms with Gasteiger partial charge in [-0.15, -0.1) is 0 Å². The molecule has 1 heterocycles. The lowest BCUT2D eigenvalue weighted by Crippen LogP contribution is -2.00. The van der Waals surface area contributed by atoms with Crippen LogP contribution in [0.15, 0.2) is 48.7 Å². The summed E-state index contributed by atoms with van der Waals surface area (Å²) >= 11 is 0. The van der Waals surface area contributed by atoms with Gasteiger partial charge in [0.15, 0.2) is 0 Å². The van der Waals surface area contributed by atoms with Crippen LogP contribution in [0.1, 0.15) is 17.7 Å². The molecule has 0 aliphatic carbocycles. The van der Waals surface area contributed by atoms with E-state index in [1.807, 2.05) is 30.3 Å². The lowest BCUT2D eigenvalue weighted by molar-refractivity contribution is 0.301. The number of nitrogens with two attached hydrogens (primary N) is 1. The minimum absolute atomic E-state index is 0.503. The molecule has 0 saturated carbocycles. The molecule has 18 heavy (non-hydrogen) atoms. The summed E-state index contributed by atoms with van der Waals surface area (Å²) in [5.74, 6) is 0.872. The molecule has 3 heteroatoms. The van der Waals surface area contributed by atoms with Crippen molar-refractivity contribution in [1.82, 2.24) is 4.98 Å². The Hall–Kier alpha value is -1.87. The molecule has 0 radical (unpaired) electrons. The van der Waals surface area contributed by atoms with Crippen molar-refractivity contribution in [2.45, 2.75) is 19.4 Å². The van der Waals surface area contributed by atoms with Gasteiger partial charge >= 0.3 is 0 Å². The summed E-state index contributed by atoms with van der Waals surface area (Å²) in [4.78, 5) is 4.21. The van der Waals surface area contributed by atoms with Crippen LogP contribution in [-0.4, -0.2) is 11.5 Å². The number of pyridine rings is 1. The number of hydrogen-bond acceptors (Lipinski definition) is 3. The van der Waals surface area contributed by atoms with E-state index in [1.54, 1.807) is 6.20 Å². The molecule has 0 atom stereocenters. The Morgan fingerprint density at radius 1 is 1.06 bits per heavy atom. The molecular weight excluding hydrogens is 224 g/mol. The van der Waals surface area contributed by atoms with E-state index in [0.29, 0.717) is 6.61 Å². The van der Waals surface area contributed by atoms with Crippen LogP contribution in [0.2, 0.25) is 0 Å². The summed E-state index contributed by atoms with van der Waals surface area (Å²) in [6.07, 6.45) is 3.82. The number of aryl methyl sites for hydroxylation is 1. The largest absolute Gasteiger partial charge is 0.487 e. The van der Waals surface area contributed by atoms with E-state index in [4.69, 9.17) is 10.5 Å². The first-order valence-corrected chi connectivity index (χ1v) is 6.20. The number of ether oxygens (including phenoxy) is 1. The maximum absolute atomic E-state index is 5.66. The van der Waals surface area contributed by atoms with Crippen LogP contribution in [0.3, 0.4) is 0 Å². The highest BCUT2D eigenvalue weighted by Gasteiger charge is 1.97. The predicted octanol–water partition coefficient (Wildman–Crippen LogP) is 2.55. The van der Waals surface area contributed by atoms with Gasteiger partial charge in [-0.2, -0.15) is 0 Å². The van der Waals surface area contributed by atoms with Gasteiger partial charge in [-0.25, -0.2) is 0 Å². The van der Waals surface area contributed by atoms with Gasteiger partial charge in [-0.3, -0.25) is 4.98 Å². The normalized spacial score (nSPS) is 10.3. The Morgan fingerprint density at radius 3 is 2.56 bits per heavy atom. The van der Waals surface area contributed by atoms with E-state index in [9.17, 15) is 0 Å². The molecule has 2 rings (SSSR count). The molecule has 2 N–H and O–H groups in total. The Bertz CT molecular complexity index is 454. The van der Waals surface area contributed by atoms with Crippen molar-refractivity contribution in [3.8, 4) is 5.75 Å². The number of benzene rings is 1. The summed E-state index contributed by atoms with van der Waals surface area (Å²) < 4.78 is 5.66. The monoisotopic (exact) mass is 242 g/mol. The van der Waals surface area contributed by atoms with Gasteiger partial charge in [0.25, 0.3) is 0 Å². The highest BCUT2D eigenvalue weighted by Crippen LogP contribution is 2.14. The molecule has 0 spiro atoms. The molecule has 3 nitrogen and oxygen atoms in total. The van der Waals surface area contributed by atoms with Crippen molar-refractivity contribution in [3.05, 3.63) is 59.9 Å². The highest BCUT2D eigenvalue weighted by molar-refractivity contribution is 5.27. The summed E-state index contributed by atoms with van der Waals surface area (Å²) in [6.45, 7) is 1.24. The summed E-state index contributed by atoms with van der Waals surface area (Å²) in [7, 11) is 0. The van der Waals surface area contributed by atoms with Crippen molar-refractivity contribution in [2.75, 3.05) is 6.54 Å². The van der Waals surface area contributed by atoms with Crippen LogP contribution < -0.4 is 10.5 Å². The molecule has 0 fully saturated rings. The Labute approximate surface area is 108 Å². The third-order valence-corrected chi connectivity index (χ3v) is 2.71. The average molecular weight is 242 g/mol. The minimum Gasteiger partial charge on any atom is -0.487 e. The Kier molecular flexibility index (Phi) is 4.73. The maximum Gasteiger partial charge on any atom is 0.130 e. The number of rotatable bonds is 6. The van der Waals surface area contributed by atoms with Gasteiger partial charge in [-0.1, -0.05) is 18.2 Å². The summed E-state index contributed by atoms with van der Waals surface area (Å²) in [5.41, 5.74) is 7.72. The zero-order valence-electron chi connectivity index (χ0n) is 10.4. The van der Waals surface area contributed by atoms with Crippen molar-refractivity contribution >= 4 is 0 Å². The molecule has 0 amide bonds. The zero-order chi connectivity index (χ0) is 12.6. The molecule has 0 aliphatic heterocycles. The standard InChI is InChI=1S/C15H18N2O/c16-10-3-4-13-6-8-15(9-7-13)18-12-14-5-1-2-11-17-14/h1-2,5-9,11H,3-4,10,12,16H2. The molecular formula is C15H18N2O. The van der Waals surface area contributed by atoms with Gasteiger partial charge in [0.05, 0.1) is 5.69 Å². The van der Waals surface area contributed by atoms with Crippen LogP contribution >= 0.6 is 0 Å². The SMILES string of the molecule is NCCCc1ccc(OCc2ccccn2)cc1. The third kappa shape index (κ3) is 3.86. The predicted molar refractivity (Wildman–Crippen MR) is 72.4 cm³/mol. The van der Waals surface area contributed by atoms with Gasteiger partial charge in [-0.05, 0) is 49.2 Å². The van der Waals surface area contributed by atoms with E-state index >= 15 is 0 Å². The first kappa shape index (κ1) is 12.6. The fraction of sp³-hybridized carbons (Fsp3) is 0.267. The maximum atomic E-state index is 5.66. The first-order valence-electron chi connectivity index (χ1n) is 6.20. The molecule has 0 unspecified atom stereocenters. The van der Waals surface area contributed by atoms with Crippen molar-refractivity contribution in [2.24, 2.45) is 5.73 Å². The summed E-state index contributed by atoms with van der Waals surface area (Å²) in [6, 6.07) is 14.0. The zero-order valence-corrected chi connectivity index (χ0v) is 10.4. The second-order valence-corrected chi connectivity index (χ2v) is 4.15. The van der Waals surface area contributed by atoms with Crippen LogP contribution in [-0.2, 0) is 13.0 Å². The highest BCUT2D eigenvalue weighted by atomic mass is 16.5. The van der Waals surface area contributed by atoms with Crippen LogP contribution in [0.5, 0.6) is 5.75 Å². The molecule has 94 valence electrons. The van der Waals surface area contributed by atoms with E-state index in [-0.39, 0.29) is 0 Å². The van der Waals surface area contributed by atoms with Crippen LogP contribution in [0.4, 0.5) is 0 Å². The van der Waals surface area contributed by atoms with Crippen LogP contribution in [0, 0.1) is 0 Å². The molecule has 1 aromatic heterocycles. The van der Waals surface area contributed by atoms with E-state index in [2.05, 4.69) is 17.1 Å². The smallest absolute Gasteiger partial charge is 0.130 e. The van der Waals surface area contributed by atoms with Crippen molar-refractivity contribution in [3.63, 3.8) is 0 Å². The second kappa shape index (κ2) is 6.77. The average Bonchev–Trinajstić information content (AvgIpc) is 2.45. The molecule has 0 bridgehead atoms. The molecule has 1 aromatic carbocycles. The topological polar surface area (TPSA) is 48.1 Å². The van der Waals surface area contributed by atoms with Crippen molar-refractivity contribution < 1.29 is 4.74 Å². The first-order chi connectivity index (χ1) is 8.88. The van der Waals surface area contributed by atoms with E-state index in [0.717, 1.165) is 30.8 Å². The van der Waals surface area contributed by atoms with Gasteiger partial charge in [0, 0.05) is 6.20 Å². The Balaban J connectivity index is 1.86. The fourth-order valence-electron chi connectivity index (χ4n) is 1.70. The van der Waals surface area contributed by atoms with Crippen molar-refractivity contribution in [1.29, 1.82) is 0 Å². The molecule has 2 aromatic rings. The van der Waals surface area contributed by atoms with Crippen LogP contribution in [0.25, 0.3) is 0 Å². The Morgan fingerprint density at radius 2 is 1.89 bits per heavy atom. The fourth-order valence-corrected chi connectivity index (χ4v) is 1.70. The number of nitrogens with zero attached hydrogens (tertiary/aromatic N) is 1. The molecule has 0 saturated heterocycles. The second-order valence-electron chi connectivity index (χ2n) is 4.15. The lowest BCUT2D eigenvalue weighted by atomic mass is 10.1. The summed E-state index contributed by atoms with van der Waals surface area (Å²) in [5, 5.41) is 0. The van der Waals surface area contributed by atoms with E-state index < -0.39 is 0 Å². The van der Waals surface area contributed by atoms with E-state index in [1.165, 1.54) is 5.56 Å². The van der Waals surface area contributed by atoms with Gasteiger partial charge < -0.3 is 10.5 Å². The number of hydrogen-bond donors (Lipinski definition) is 1. The third-order valence-electron chi connectivity index (χ3n) is 2.71.